The van der Waals surface area contributed by atoms with Crippen molar-refractivity contribution in [2.75, 3.05) is 27.3 Å². The highest BCUT2D eigenvalue weighted by Crippen LogP contribution is 2.09. The van der Waals surface area contributed by atoms with Crippen molar-refractivity contribution < 1.29 is 4.74 Å². The molecule has 0 aromatic carbocycles. The Bertz CT molecular complexity index is 354. The van der Waals surface area contributed by atoms with Gasteiger partial charge in [-0.15, -0.1) is 11.3 Å². The Kier molecular flexibility index (Phi) is 6.39. The number of thiazole rings is 1. The zero-order valence-corrected chi connectivity index (χ0v) is 12.2. The molecule has 1 heterocycles. The van der Waals surface area contributed by atoms with Gasteiger partial charge >= 0.3 is 0 Å². The van der Waals surface area contributed by atoms with E-state index in [1.54, 1.807) is 18.4 Å². The molecule has 0 aliphatic rings. The summed E-state index contributed by atoms with van der Waals surface area (Å²) in [5.41, 5.74) is 1.07. The molecule has 0 aliphatic heterocycles. The summed E-state index contributed by atoms with van der Waals surface area (Å²) in [4.78, 5) is 6.41. The predicted molar refractivity (Wildman–Crippen MR) is 75.4 cm³/mol. The summed E-state index contributed by atoms with van der Waals surface area (Å²) >= 11 is 6.95. The largest absolute Gasteiger partial charge is 0.385 e. The molecule has 6 heteroatoms. The summed E-state index contributed by atoms with van der Waals surface area (Å²) in [5, 5.41) is 7.11. The van der Waals surface area contributed by atoms with Crippen LogP contribution in [0.4, 0.5) is 0 Å². The van der Waals surface area contributed by atoms with E-state index in [-0.39, 0.29) is 0 Å². The van der Waals surface area contributed by atoms with Crippen LogP contribution in [0, 0.1) is 6.92 Å². The van der Waals surface area contributed by atoms with Crippen LogP contribution in [0.25, 0.3) is 0 Å². The number of hydrogen-bond acceptors (Lipinski definition) is 4. The van der Waals surface area contributed by atoms with Crippen LogP contribution in [-0.4, -0.2) is 42.3 Å². The zero-order chi connectivity index (χ0) is 12.7. The lowest BCUT2D eigenvalue weighted by Gasteiger charge is -2.19. The first-order valence-corrected chi connectivity index (χ1v) is 6.81. The Morgan fingerprint density at radius 1 is 1.65 bits per heavy atom. The number of hydrogen-bond donors (Lipinski definition) is 1. The predicted octanol–water partition coefficient (Wildman–Crippen LogP) is 1.79. The summed E-state index contributed by atoms with van der Waals surface area (Å²) in [7, 11) is 3.68. The van der Waals surface area contributed by atoms with Crippen LogP contribution >= 0.6 is 23.6 Å². The number of aryl methyl sites for hydroxylation is 1. The van der Waals surface area contributed by atoms with Gasteiger partial charge in [-0.25, -0.2) is 4.98 Å². The molecule has 1 rings (SSSR count). The molecule has 0 unspecified atom stereocenters. The molecule has 0 amide bonds. The average molecular weight is 273 g/mol. The van der Waals surface area contributed by atoms with Crippen molar-refractivity contribution in [3.63, 3.8) is 0 Å². The molecule has 0 spiro atoms. The van der Waals surface area contributed by atoms with Crippen LogP contribution in [0.15, 0.2) is 5.38 Å². The fraction of sp³-hybridized carbons (Fsp3) is 0.636. The summed E-state index contributed by atoms with van der Waals surface area (Å²) in [6.45, 7) is 4.35. The summed E-state index contributed by atoms with van der Waals surface area (Å²) in [6.07, 6.45) is 0.959. The molecule has 0 bridgehead atoms. The first-order chi connectivity index (χ1) is 8.13. The van der Waals surface area contributed by atoms with Crippen LogP contribution in [0.2, 0.25) is 0 Å². The summed E-state index contributed by atoms with van der Waals surface area (Å²) in [6, 6.07) is 0. The highest BCUT2D eigenvalue weighted by Gasteiger charge is 2.06. The third kappa shape index (κ3) is 5.43. The first-order valence-electron chi connectivity index (χ1n) is 5.52. The van der Waals surface area contributed by atoms with Crippen molar-refractivity contribution >= 4 is 28.7 Å². The lowest BCUT2D eigenvalue weighted by atomic mass is 10.4. The molecule has 1 aromatic heterocycles. The van der Waals surface area contributed by atoms with Crippen molar-refractivity contribution in [3.8, 4) is 0 Å². The second-order valence-electron chi connectivity index (χ2n) is 3.79. The normalized spacial score (nSPS) is 10.3. The molecule has 0 saturated heterocycles. The van der Waals surface area contributed by atoms with Gasteiger partial charge in [0.25, 0.3) is 0 Å². The van der Waals surface area contributed by atoms with Gasteiger partial charge in [0, 0.05) is 32.7 Å². The second kappa shape index (κ2) is 7.58. The van der Waals surface area contributed by atoms with E-state index in [2.05, 4.69) is 15.7 Å². The fourth-order valence-electron chi connectivity index (χ4n) is 1.34. The Hall–Kier alpha value is -0.720. The number of thiocarbonyl (C=S) groups is 1. The lowest BCUT2D eigenvalue weighted by molar-refractivity contribution is 0.195. The molecule has 1 aromatic rings. The van der Waals surface area contributed by atoms with Crippen LogP contribution in [0.1, 0.15) is 17.1 Å². The van der Waals surface area contributed by atoms with Gasteiger partial charge < -0.3 is 15.0 Å². The smallest absolute Gasteiger partial charge is 0.169 e. The van der Waals surface area contributed by atoms with Crippen LogP contribution in [-0.2, 0) is 11.3 Å². The van der Waals surface area contributed by atoms with E-state index in [9.17, 15) is 0 Å². The number of ether oxygens (including phenoxy) is 1. The van der Waals surface area contributed by atoms with Crippen molar-refractivity contribution in [2.24, 2.45) is 0 Å². The van der Waals surface area contributed by atoms with Crippen LogP contribution in [0.3, 0.4) is 0 Å². The van der Waals surface area contributed by atoms with E-state index in [0.717, 1.165) is 41.9 Å². The third-order valence-corrected chi connectivity index (χ3v) is 3.49. The summed E-state index contributed by atoms with van der Waals surface area (Å²) in [5.74, 6) is 0. The number of aromatic nitrogens is 1. The number of nitrogens with one attached hydrogen (secondary N) is 1. The molecule has 0 saturated carbocycles. The molecule has 0 atom stereocenters. The van der Waals surface area contributed by atoms with E-state index < -0.39 is 0 Å². The second-order valence-corrected chi connectivity index (χ2v) is 5.24. The van der Waals surface area contributed by atoms with Gasteiger partial charge in [-0.3, -0.25) is 0 Å². The molecule has 96 valence electrons. The molecule has 0 aliphatic carbocycles. The first kappa shape index (κ1) is 14.3. The Morgan fingerprint density at radius 3 is 3.00 bits per heavy atom. The quantitative estimate of drug-likeness (QED) is 0.632. The standard InChI is InChI=1S/C11H19N3OS2/c1-9-13-10(8-17-9)7-14(2)11(16)12-5-4-6-15-3/h8H,4-7H2,1-3H3,(H,12,16). The van der Waals surface area contributed by atoms with Crippen molar-refractivity contribution in [2.45, 2.75) is 19.9 Å². The van der Waals surface area contributed by atoms with Crippen molar-refractivity contribution in [3.05, 3.63) is 16.1 Å². The van der Waals surface area contributed by atoms with Gasteiger partial charge in [0.1, 0.15) is 0 Å². The molecule has 0 fully saturated rings. The van der Waals surface area contributed by atoms with E-state index in [1.165, 1.54) is 0 Å². The Morgan fingerprint density at radius 2 is 2.41 bits per heavy atom. The van der Waals surface area contributed by atoms with Gasteiger partial charge in [0.05, 0.1) is 17.2 Å². The molecule has 0 radical (unpaired) electrons. The summed E-state index contributed by atoms with van der Waals surface area (Å²) < 4.78 is 4.98. The van der Waals surface area contributed by atoms with Gasteiger partial charge in [-0.05, 0) is 25.6 Å². The lowest BCUT2D eigenvalue weighted by Crippen LogP contribution is -2.37. The topological polar surface area (TPSA) is 37.4 Å². The SMILES string of the molecule is COCCCNC(=S)N(C)Cc1csc(C)n1. The van der Waals surface area contributed by atoms with Crippen LogP contribution < -0.4 is 5.32 Å². The van der Waals surface area contributed by atoms with Crippen LogP contribution in [0.5, 0.6) is 0 Å². The van der Waals surface area contributed by atoms with E-state index in [1.807, 2.05) is 18.9 Å². The maximum atomic E-state index is 5.28. The van der Waals surface area contributed by atoms with Crippen molar-refractivity contribution in [1.82, 2.24) is 15.2 Å². The fourth-order valence-corrected chi connectivity index (χ4v) is 2.11. The monoisotopic (exact) mass is 273 g/mol. The van der Waals surface area contributed by atoms with Gasteiger partial charge in [0.2, 0.25) is 0 Å². The van der Waals surface area contributed by atoms with Gasteiger partial charge in [-0.1, -0.05) is 0 Å². The Balaban J connectivity index is 2.27. The van der Waals surface area contributed by atoms with Gasteiger partial charge in [-0.2, -0.15) is 0 Å². The molecule has 4 nitrogen and oxygen atoms in total. The third-order valence-electron chi connectivity index (χ3n) is 2.21. The molecular weight excluding hydrogens is 254 g/mol. The maximum Gasteiger partial charge on any atom is 0.169 e. The van der Waals surface area contributed by atoms with E-state index in [0.29, 0.717) is 0 Å². The highest BCUT2D eigenvalue weighted by molar-refractivity contribution is 7.80. The Labute approximate surface area is 112 Å². The average Bonchev–Trinajstić information content (AvgIpc) is 2.70. The molecule has 1 N–H and O–H groups in total. The minimum absolute atomic E-state index is 0.750. The number of nitrogens with zero attached hydrogens (tertiary/aromatic N) is 2. The van der Waals surface area contributed by atoms with Gasteiger partial charge in [0.15, 0.2) is 5.11 Å². The molecular formula is C11H19N3OS2. The maximum absolute atomic E-state index is 5.28. The molecule has 17 heavy (non-hydrogen) atoms. The number of rotatable bonds is 6. The minimum atomic E-state index is 0.750. The van der Waals surface area contributed by atoms with Crippen molar-refractivity contribution in [1.29, 1.82) is 0 Å². The zero-order valence-electron chi connectivity index (χ0n) is 10.5. The highest BCUT2D eigenvalue weighted by atomic mass is 32.1. The number of methoxy groups -OCH3 is 1. The van der Waals surface area contributed by atoms with E-state index in [4.69, 9.17) is 17.0 Å². The minimum Gasteiger partial charge on any atom is -0.385 e. The van der Waals surface area contributed by atoms with E-state index >= 15 is 0 Å².